The lowest BCUT2D eigenvalue weighted by atomic mass is 9.87. The summed E-state index contributed by atoms with van der Waals surface area (Å²) in [7, 11) is 0. The number of piperidine rings is 1. The van der Waals surface area contributed by atoms with E-state index in [4.69, 9.17) is 10.5 Å². The van der Waals surface area contributed by atoms with Crippen molar-refractivity contribution in [3.63, 3.8) is 0 Å². The van der Waals surface area contributed by atoms with Crippen molar-refractivity contribution < 1.29 is 27.4 Å². The van der Waals surface area contributed by atoms with Crippen molar-refractivity contribution in [2.45, 2.75) is 38.2 Å². The van der Waals surface area contributed by atoms with Gasteiger partial charge in [0.1, 0.15) is 22.9 Å². The van der Waals surface area contributed by atoms with Crippen LogP contribution < -0.4 is 10.5 Å². The number of nitrogens with zero attached hydrogens (tertiary/aromatic N) is 4. The first kappa shape index (κ1) is 21.7. The van der Waals surface area contributed by atoms with Crippen LogP contribution in [0.3, 0.4) is 0 Å². The predicted octanol–water partition coefficient (Wildman–Crippen LogP) is 4.08. The number of benzene rings is 2. The monoisotopic (exact) mass is 483 g/mol. The Morgan fingerprint density at radius 1 is 1.23 bits per heavy atom. The fourth-order valence-corrected chi connectivity index (χ4v) is 5.12. The van der Waals surface area contributed by atoms with E-state index >= 15 is 4.39 Å². The average Bonchev–Trinajstić information content (AvgIpc) is 3.33. The number of carbonyl (C=O) groups is 1. The number of rotatable bonds is 3. The largest absolute Gasteiger partial charge is 0.435 e. The molecule has 2 atom stereocenters. The van der Waals surface area contributed by atoms with E-state index in [1.165, 1.54) is 30.6 Å². The van der Waals surface area contributed by atoms with E-state index in [2.05, 4.69) is 14.7 Å². The van der Waals surface area contributed by atoms with E-state index in [0.717, 1.165) is 12.0 Å². The number of likely N-dealkylation sites (tertiary alicyclic amines) is 1. The molecule has 2 aromatic carbocycles. The molecule has 0 unspecified atom stereocenters. The molecule has 0 bridgehead atoms. The summed E-state index contributed by atoms with van der Waals surface area (Å²) >= 11 is 0. The second-order valence-electron chi connectivity index (χ2n) is 8.64. The summed E-state index contributed by atoms with van der Waals surface area (Å²) in [6, 6.07) is 6.80. The Kier molecular flexibility index (Phi) is 5.03. The van der Waals surface area contributed by atoms with E-state index in [1.807, 2.05) is 0 Å². The van der Waals surface area contributed by atoms with E-state index in [1.54, 1.807) is 21.6 Å². The molecule has 180 valence electrons. The Morgan fingerprint density at radius 3 is 2.91 bits per heavy atom. The number of ether oxygens (including phenoxy) is 2. The summed E-state index contributed by atoms with van der Waals surface area (Å²) < 4.78 is 52.7. The summed E-state index contributed by atoms with van der Waals surface area (Å²) in [6.07, 6.45) is 4.20. The standard InChI is InChI=1S/C24H20F3N5O3/c25-16-8-17-18(32-11-29-9-19(32)22(28)30-17)7-15(16)23(33)31-5-1-2-20-21(31)14-4-3-13(35-24(26)27)6-12(14)10-34-20/h3-4,6-9,11,20-21,24H,1-2,5,10H2,(H2,28,30)/t20-,21-/m0/s1. The van der Waals surface area contributed by atoms with Crippen molar-refractivity contribution in [3.8, 4) is 5.75 Å². The molecule has 4 heterocycles. The Balaban J connectivity index is 1.42. The number of hydrogen-bond donors (Lipinski definition) is 1. The van der Waals surface area contributed by atoms with Crippen LogP contribution in [0.4, 0.5) is 19.0 Å². The lowest BCUT2D eigenvalue weighted by molar-refractivity contribution is -0.0591. The quantitative estimate of drug-likeness (QED) is 0.472. The highest BCUT2D eigenvalue weighted by atomic mass is 19.3. The molecule has 4 aromatic rings. The van der Waals surface area contributed by atoms with Crippen molar-refractivity contribution >= 4 is 28.3 Å². The third-order valence-electron chi connectivity index (χ3n) is 6.64. The molecule has 0 saturated carbocycles. The van der Waals surface area contributed by atoms with Crippen molar-refractivity contribution in [1.29, 1.82) is 0 Å². The molecule has 11 heteroatoms. The molecular formula is C24H20F3N5O3. The van der Waals surface area contributed by atoms with Gasteiger partial charge in [-0.3, -0.25) is 9.20 Å². The van der Waals surface area contributed by atoms with Gasteiger partial charge in [0.05, 0.1) is 47.9 Å². The number of amides is 1. The number of fused-ring (bicyclic) bond motifs is 6. The van der Waals surface area contributed by atoms with Gasteiger partial charge in [0.25, 0.3) is 5.91 Å². The van der Waals surface area contributed by atoms with E-state index in [9.17, 15) is 13.6 Å². The molecule has 1 amide bonds. The van der Waals surface area contributed by atoms with Crippen molar-refractivity contribution in [1.82, 2.24) is 19.3 Å². The molecule has 2 N–H and O–H groups in total. The number of aromatic nitrogens is 3. The van der Waals surface area contributed by atoms with Crippen molar-refractivity contribution in [2.75, 3.05) is 12.3 Å². The summed E-state index contributed by atoms with van der Waals surface area (Å²) in [6.45, 7) is -2.33. The first-order valence-electron chi connectivity index (χ1n) is 11.1. The Hall–Kier alpha value is -3.86. The topological polar surface area (TPSA) is 95.0 Å². The molecule has 0 aliphatic carbocycles. The minimum atomic E-state index is -2.94. The summed E-state index contributed by atoms with van der Waals surface area (Å²) in [5.74, 6) is -0.980. The van der Waals surface area contributed by atoms with Crippen LogP contribution in [-0.2, 0) is 11.3 Å². The number of imidazole rings is 1. The smallest absolute Gasteiger partial charge is 0.387 e. The molecule has 6 rings (SSSR count). The van der Waals surface area contributed by atoms with E-state index in [-0.39, 0.29) is 29.8 Å². The number of anilines is 1. The third-order valence-corrected chi connectivity index (χ3v) is 6.64. The van der Waals surface area contributed by atoms with Crippen LogP contribution in [-0.4, -0.2) is 44.4 Å². The van der Waals surface area contributed by atoms with Gasteiger partial charge in [0.15, 0.2) is 0 Å². The fraction of sp³-hybridized carbons (Fsp3) is 0.292. The zero-order chi connectivity index (χ0) is 24.3. The minimum absolute atomic E-state index is 0.0196. The van der Waals surface area contributed by atoms with Gasteiger partial charge >= 0.3 is 6.61 Å². The molecule has 2 aromatic heterocycles. The summed E-state index contributed by atoms with van der Waals surface area (Å²) in [5, 5.41) is 0. The Morgan fingerprint density at radius 2 is 2.09 bits per heavy atom. The Bertz CT molecular complexity index is 1470. The maximum atomic E-state index is 15.2. The lowest BCUT2D eigenvalue weighted by Gasteiger charge is -2.44. The maximum absolute atomic E-state index is 15.2. The van der Waals surface area contributed by atoms with Crippen LogP contribution in [0.15, 0.2) is 42.9 Å². The van der Waals surface area contributed by atoms with Crippen molar-refractivity contribution in [2.24, 2.45) is 0 Å². The first-order valence-corrected chi connectivity index (χ1v) is 11.1. The number of carbonyl (C=O) groups excluding carboxylic acids is 1. The van der Waals surface area contributed by atoms with Gasteiger partial charge in [-0.05, 0) is 42.2 Å². The van der Waals surface area contributed by atoms with Crippen molar-refractivity contribution in [3.05, 3.63) is 65.4 Å². The molecule has 1 saturated heterocycles. The molecule has 0 spiro atoms. The number of halogens is 3. The second kappa shape index (κ2) is 8.12. The molecular weight excluding hydrogens is 463 g/mol. The second-order valence-corrected chi connectivity index (χ2v) is 8.64. The number of hydrogen-bond acceptors (Lipinski definition) is 6. The molecule has 2 aliphatic heterocycles. The maximum Gasteiger partial charge on any atom is 0.387 e. The highest BCUT2D eigenvalue weighted by Gasteiger charge is 2.41. The summed E-state index contributed by atoms with van der Waals surface area (Å²) in [5.41, 5.74) is 8.64. The van der Waals surface area contributed by atoms with E-state index in [0.29, 0.717) is 35.1 Å². The van der Waals surface area contributed by atoms with Crippen LogP contribution in [0, 0.1) is 5.82 Å². The van der Waals surface area contributed by atoms with Crippen LogP contribution in [0.25, 0.3) is 16.6 Å². The average molecular weight is 483 g/mol. The molecule has 0 radical (unpaired) electrons. The molecule has 35 heavy (non-hydrogen) atoms. The third kappa shape index (κ3) is 3.54. The number of nitrogen functional groups attached to an aromatic ring is 1. The van der Waals surface area contributed by atoms with Gasteiger partial charge in [-0.25, -0.2) is 14.4 Å². The van der Waals surface area contributed by atoms with Gasteiger partial charge < -0.3 is 20.1 Å². The van der Waals surface area contributed by atoms with Gasteiger partial charge in [-0.15, -0.1) is 0 Å². The Labute approximate surface area is 197 Å². The molecule has 8 nitrogen and oxygen atoms in total. The predicted molar refractivity (Wildman–Crippen MR) is 120 cm³/mol. The fourth-order valence-electron chi connectivity index (χ4n) is 5.12. The first-order chi connectivity index (χ1) is 16.9. The lowest BCUT2D eigenvalue weighted by Crippen LogP contribution is -2.48. The zero-order valence-corrected chi connectivity index (χ0v) is 18.3. The highest BCUT2D eigenvalue weighted by molar-refractivity contribution is 5.99. The van der Waals surface area contributed by atoms with Gasteiger partial charge in [0.2, 0.25) is 0 Å². The number of nitrogens with two attached hydrogens (primary N) is 1. The number of alkyl halides is 2. The zero-order valence-electron chi connectivity index (χ0n) is 18.3. The van der Waals surface area contributed by atoms with Crippen LogP contribution >= 0.6 is 0 Å². The van der Waals surface area contributed by atoms with Crippen LogP contribution in [0.1, 0.15) is 40.4 Å². The normalized spacial score (nSPS) is 19.7. The highest BCUT2D eigenvalue weighted by Crippen LogP contribution is 2.41. The van der Waals surface area contributed by atoms with Crippen LogP contribution in [0.5, 0.6) is 5.75 Å². The minimum Gasteiger partial charge on any atom is -0.435 e. The van der Waals surface area contributed by atoms with E-state index < -0.39 is 24.4 Å². The molecule has 1 fully saturated rings. The van der Waals surface area contributed by atoms with Crippen LogP contribution in [0.2, 0.25) is 0 Å². The van der Waals surface area contributed by atoms with Gasteiger partial charge in [-0.2, -0.15) is 8.78 Å². The van der Waals surface area contributed by atoms with Gasteiger partial charge in [0, 0.05) is 12.6 Å². The SMILES string of the molecule is Nc1nc2cc(F)c(C(=O)N3CCC[C@@H]4OCc5cc(OC(F)F)ccc5[C@@H]43)cc2n2cncc12. The summed E-state index contributed by atoms with van der Waals surface area (Å²) in [4.78, 5) is 23.6. The van der Waals surface area contributed by atoms with Gasteiger partial charge in [-0.1, -0.05) is 6.07 Å². The molecule has 2 aliphatic rings.